The predicted octanol–water partition coefficient (Wildman–Crippen LogP) is -0.197. The maximum atomic E-state index is 10.7. The van der Waals surface area contributed by atoms with Gasteiger partial charge in [-0.15, -0.1) is 0 Å². The lowest BCUT2D eigenvalue weighted by molar-refractivity contribution is -0.385. The van der Waals surface area contributed by atoms with E-state index in [0.717, 1.165) is 0 Å². The van der Waals surface area contributed by atoms with Gasteiger partial charge in [0.2, 0.25) is 6.29 Å². The van der Waals surface area contributed by atoms with Gasteiger partial charge < -0.3 is 24.8 Å². The summed E-state index contributed by atoms with van der Waals surface area (Å²) in [6.07, 6.45) is -4.13. The van der Waals surface area contributed by atoms with Crippen LogP contribution in [0.2, 0.25) is 0 Å². The highest BCUT2D eigenvalue weighted by atomic mass is 16.7. The Balaban J connectivity index is 2.06. The van der Waals surface area contributed by atoms with Gasteiger partial charge in [0.15, 0.2) is 0 Å². The number of rotatable bonds is 4. The van der Waals surface area contributed by atoms with Crippen molar-refractivity contribution in [2.24, 2.45) is 0 Å². The maximum Gasteiger partial charge on any atom is 0.273 e. The first-order valence-corrected chi connectivity index (χ1v) is 6.05. The molecular weight excluding hydrogens is 270 g/mol. The summed E-state index contributed by atoms with van der Waals surface area (Å²) >= 11 is 0. The average molecular weight is 285 g/mol. The van der Waals surface area contributed by atoms with Crippen molar-refractivity contribution in [1.82, 2.24) is 0 Å². The van der Waals surface area contributed by atoms with Gasteiger partial charge in [-0.1, -0.05) is 6.07 Å². The molecule has 8 nitrogen and oxygen atoms in total. The number of benzene rings is 1. The van der Waals surface area contributed by atoms with Crippen molar-refractivity contribution in [2.45, 2.75) is 31.0 Å². The van der Waals surface area contributed by atoms with Gasteiger partial charge in [-0.3, -0.25) is 10.1 Å². The Morgan fingerprint density at radius 3 is 2.85 bits per heavy atom. The summed E-state index contributed by atoms with van der Waals surface area (Å²) < 4.78 is 10.7. The first-order valence-electron chi connectivity index (χ1n) is 6.05. The van der Waals surface area contributed by atoms with Crippen LogP contribution in [0, 0.1) is 10.1 Å². The van der Waals surface area contributed by atoms with Crippen LogP contribution in [-0.4, -0.2) is 51.5 Å². The number of nitro benzene ring substituents is 1. The van der Waals surface area contributed by atoms with Gasteiger partial charge in [-0.2, -0.15) is 0 Å². The molecule has 0 spiro atoms. The van der Waals surface area contributed by atoms with E-state index in [4.69, 9.17) is 14.6 Å². The van der Waals surface area contributed by atoms with Crippen LogP contribution in [0.1, 0.15) is 6.42 Å². The maximum absolute atomic E-state index is 10.7. The van der Waals surface area contributed by atoms with Crippen LogP contribution in [0.5, 0.6) is 5.75 Å². The lowest BCUT2D eigenvalue weighted by atomic mass is 10.0. The fourth-order valence-corrected chi connectivity index (χ4v) is 1.96. The molecule has 1 heterocycles. The van der Waals surface area contributed by atoms with E-state index in [-0.39, 0.29) is 17.9 Å². The smallest absolute Gasteiger partial charge is 0.273 e. The molecule has 2 rings (SSSR count). The lowest BCUT2D eigenvalue weighted by Gasteiger charge is -2.36. The van der Waals surface area contributed by atoms with Crippen molar-refractivity contribution in [3.8, 4) is 5.75 Å². The monoisotopic (exact) mass is 285 g/mol. The number of ether oxygens (including phenoxy) is 2. The van der Waals surface area contributed by atoms with E-state index in [2.05, 4.69) is 0 Å². The molecule has 3 N–H and O–H groups in total. The summed E-state index contributed by atoms with van der Waals surface area (Å²) in [5.74, 6) is 0.212. The summed E-state index contributed by atoms with van der Waals surface area (Å²) in [4.78, 5) is 10.1. The highest BCUT2D eigenvalue weighted by molar-refractivity contribution is 5.38. The number of non-ortho nitro benzene ring substituents is 1. The van der Waals surface area contributed by atoms with Crippen LogP contribution in [-0.2, 0) is 4.74 Å². The zero-order valence-electron chi connectivity index (χ0n) is 10.5. The Bertz CT molecular complexity index is 481. The Morgan fingerprint density at radius 1 is 1.45 bits per heavy atom. The largest absolute Gasteiger partial charge is 0.465 e. The molecule has 1 aromatic rings. The SMILES string of the molecule is O=[N+]([O-])c1cccc(O[C@H]2C[C@@H](O)[C@H](O)C(CO)O2)c1. The molecule has 110 valence electrons. The molecule has 20 heavy (non-hydrogen) atoms. The van der Waals surface area contributed by atoms with Gasteiger partial charge in [-0.25, -0.2) is 0 Å². The van der Waals surface area contributed by atoms with E-state index >= 15 is 0 Å². The number of hydrogen-bond donors (Lipinski definition) is 3. The van der Waals surface area contributed by atoms with Crippen molar-refractivity contribution in [2.75, 3.05) is 6.61 Å². The van der Waals surface area contributed by atoms with Crippen LogP contribution >= 0.6 is 0 Å². The number of nitro groups is 1. The van der Waals surface area contributed by atoms with Crippen molar-refractivity contribution < 1.29 is 29.7 Å². The molecule has 0 aliphatic carbocycles. The van der Waals surface area contributed by atoms with Crippen molar-refractivity contribution in [3.63, 3.8) is 0 Å². The molecule has 0 bridgehead atoms. The third kappa shape index (κ3) is 3.23. The van der Waals surface area contributed by atoms with Gasteiger partial charge >= 0.3 is 0 Å². The first kappa shape index (κ1) is 14.7. The molecule has 1 aromatic carbocycles. The van der Waals surface area contributed by atoms with Crippen molar-refractivity contribution >= 4 is 5.69 Å². The summed E-state index contributed by atoms with van der Waals surface area (Å²) in [6.45, 7) is -0.465. The molecule has 0 aromatic heterocycles. The third-order valence-electron chi connectivity index (χ3n) is 3.01. The highest BCUT2D eigenvalue weighted by Gasteiger charge is 2.37. The second-order valence-electron chi connectivity index (χ2n) is 4.45. The second-order valence-corrected chi connectivity index (χ2v) is 4.45. The molecule has 0 amide bonds. The fourth-order valence-electron chi connectivity index (χ4n) is 1.96. The molecule has 4 atom stereocenters. The Hall–Kier alpha value is -1.74. The molecule has 0 saturated carbocycles. The van der Waals surface area contributed by atoms with E-state index in [0.29, 0.717) is 0 Å². The van der Waals surface area contributed by atoms with E-state index in [1.54, 1.807) is 0 Å². The Morgan fingerprint density at radius 2 is 2.20 bits per heavy atom. The van der Waals surface area contributed by atoms with Crippen LogP contribution in [0.3, 0.4) is 0 Å². The van der Waals surface area contributed by atoms with Gasteiger partial charge in [0.25, 0.3) is 5.69 Å². The minimum Gasteiger partial charge on any atom is -0.465 e. The molecule has 1 aliphatic heterocycles. The van der Waals surface area contributed by atoms with Crippen LogP contribution in [0.4, 0.5) is 5.69 Å². The molecular formula is C12H15NO7. The highest BCUT2D eigenvalue weighted by Crippen LogP contribution is 2.25. The zero-order valence-corrected chi connectivity index (χ0v) is 10.5. The summed E-state index contributed by atoms with van der Waals surface area (Å²) in [6, 6.07) is 5.53. The Kier molecular flexibility index (Phi) is 4.50. The van der Waals surface area contributed by atoms with E-state index in [1.807, 2.05) is 0 Å². The fraction of sp³-hybridized carbons (Fsp3) is 0.500. The second kappa shape index (κ2) is 6.14. The number of aliphatic hydroxyl groups excluding tert-OH is 3. The normalized spacial score (nSPS) is 29.9. The minimum absolute atomic E-state index is 0.000356. The molecule has 1 aliphatic rings. The van der Waals surface area contributed by atoms with Crippen LogP contribution < -0.4 is 4.74 Å². The number of nitrogens with zero attached hydrogens (tertiary/aromatic N) is 1. The van der Waals surface area contributed by atoms with Crippen LogP contribution in [0.15, 0.2) is 24.3 Å². The number of hydrogen-bond acceptors (Lipinski definition) is 7. The topological polar surface area (TPSA) is 122 Å². The van der Waals surface area contributed by atoms with E-state index in [9.17, 15) is 20.3 Å². The first-order chi connectivity index (χ1) is 9.51. The van der Waals surface area contributed by atoms with E-state index in [1.165, 1.54) is 24.3 Å². The quantitative estimate of drug-likeness (QED) is 0.517. The van der Waals surface area contributed by atoms with Gasteiger partial charge in [0.05, 0.1) is 23.7 Å². The van der Waals surface area contributed by atoms with Crippen LogP contribution in [0.25, 0.3) is 0 Å². The molecule has 1 saturated heterocycles. The van der Waals surface area contributed by atoms with Crippen molar-refractivity contribution in [1.29, 1.82) is 0 Å². The lowest BCUT2D eigenvalue weighted by Crippen LogP contribution is -2.51. The van der Waals surface area contributed by atoms with Gasteiger partial charge in [0, 0.05) is 12.5 Å². The zero-order chi connectivity index (χ0) is 14.7. The molecule has 1 fully saturated rings. The van der Waals surface area contributed by atoms with E-state index < -0.39 is 36.1 Å². The van der Waals surface area contributed by atoms with Gasteiger partial charge in [0.1, 0.15) is 18.0 Å². The minimum atomic E-state index is -1.19. The summed E-state index contributed by atoms with van der Waals surface area (Å²) in [7, 11) is 0. The average Bonchev–Trinajstić information content (AvgIpc) is 2.43. The molecule has 8 heteroatoms. The Labute approximate surface area is 114 Å². The predicted molar refractivity (Wildman–Crippen MR) is 66.1 cm³/mol. The third-order valence-corrected chi connectivity index (χ3v) is 3.01. The standard InChI is InChI=1S/C12H15NO7/c14-6-10-12(16)9(15)5-11(20-10)19-8-3-1-2-7(4-8)13(17)18/h1-4,9-12,14-16H,5-6H2/t9-,10?,11-,12+/m1/s1. The van der Waals surface area contributed by atoms with Crippen molar-refractivity contribution in [3.05, 3.63) is 34.4 Å². The summed E-state index contributed by atoms with van der Waals surface area (Å²) in [5, 5.41) is 38.9. The van der Waals surface area contributed by atoms with Gasteiger partial charge in [-0.05, 0) is 6.07 Å². The summed E-state index contributed by atoms with van der Waals surface area (Å²) in [5.41, 5.74) is -0.127. The number of aliphatic hydroxyl groups is 3. The molecule has 1 unspecified atom stereocenters. The molecule has 0 radical (unpaired) electrons.